The van der Waals surface area contributed by atoms with Crippen molar-refractivity contribution >= 4 is 30.0 Å². The summed E-state index contributed by atoms with van der Waals surface area (Å²) >= 11 is 0. The molecule has 23 heavy (non-hydrogen) atoms. The molecule has 0 aliphatic rings. The maximum absolute atomic E-state index is 12.1. The van der Waals surface area contributed by atoms with Gasteiger partial charge in [-0.05, 0) is 42.0 Å². The number of rotatable bonds is 5. The Morgan fingerprint density at radius 2 is 1.74 bits per heavy atom. The SMILES string of the molecule is COc1ccc(NC(=O)c2ccc(CNC(=N)N)cc2)cc1.Cl. The summed E-state index contributed by atoms with van der Waals surface area (Å²) in [6, 6.07) is 14.2. The first-order valence-electron chi connectivity index (χ1n) is 6.71. The molecule has 0 fully saturated rings. The Morgan fingerprint density at radius 3 is 2.26 bits per heavy atom. The summed E-state index contributed by atoms with van der Waals surface area (Å²) in [5.74, 6) is 0.470. The zero-order chi connectivity index (χ0) is 15.9. The maximum Gasteiger partial charge on any atom is 0.255 e. The van der Waals surface area contributed by atoms with Crippen LogP contribution in [0.2, 0.25) is 0 Å². The average molecular weight is 335 g/mol. The van der Waals surface area contributed by atoms with Crippen LogP contribution in [0.5, 0.6) is 5.75 Å². The number of guanidine groups is 1. The van der Waals surface area contributed by atoms with Crippen LogP contribution in [0.4, 0.5) is 5.69 Å². The van der Waals surface area contributed by atoms with Crippen molar-refractivity contribution in [1.82, 2.24) is 5.32 Å². The van der Waals surface area contributed by atoms with Gasteiger partial charge >= 0.3 is 0 Å². The molecular formula is C16H19ClN4O2. The summed E-state index contributed by atoms with van der Waals surface area (Å²) in [6.45, 7) is 0.454. The van der Waals surface area contributed by atoms with Crippen LogP contribution >= 0.6 is 12.4 Å². The molecule has 122 valence electrons. The van der Waals surface area contributed by atoms with Gasteiger partial charge in [0.25, 0.3) is 5.91 Å². The third-order valence-electron chi connectivity index (χ3n) is 3.05. The number of anilines is 1. The van der Waals surface area contributed by atoms with Crippen LogP contribution in [0.1, 0.15) is 15.9 Å². The van der Waals surface area contributed by atoms with Gasteiger partial charge in [-0.2, -0.15) is 0 Å². The summed E-state index contributed by atoms with van der Waals surface area (Å²) in [5, 5.41) is 12.6. The van der Waals surface area contributed by atoms with Gasteiger partial charge in [-0.25, -0.2) is 0 Å². The molecule has 0 bridgehead atoms. The second-order valence-corrected chi connectivity index (χ2v) is 4.65. The molecule has 0 aliphatic carbocycles. The summed E-state index contributed by atoms with van der Waals surface area (Å²) in [7, 11) is 1.59. The lowest BCUT2D eigenvalue weighted by molar-refractivity contribution is 0.102. The van der Waals surface area contributed by atoms with Crippen molar-refractivity contribution in [2.24, 2.45) is 5.73 Å². The summed E-state index contributed by atoms with van der Waals surface area (Å²) in [5.41, 5.74) is 7.42. The number of methoxy groups -OCH3 is 1. The Bertz CT molecular complexity index is 657. The van der Waals surface area contributed by atoms with Crippen molar-refractivity contribution in [2.45, 2.75) is 6.54 Å². The standard InChI is InChI=1S/C16H18N4O2.ClH/c1-22-14-8-6-13(7-9-14)20-15(21)12-4-2-11(3-5-12)10-19-16(17)18;/h2-9H,10H2,1H3,(H,20,21)(H4,17,18,19);1H. The Hall–Kier alpha value is -2.73. The van der Waals surface area contributed by atoms with Crippen molar-refractivity contribution in [3.05, 3.63) is 59.7 Å². The van der Waals surface area contributed by atoms with Gasteiger partial charge in [0.05, 0.1) is 7.11 Å². The van der Waals surface area contributed by atoms with Crippen LogP contribution in [-0.2, 0) is 6.54 Å². The number of benzene rings is 2. The molecule has 0 radical (unpaired) electrons. The molecule has 0 aliphatic heterocycles. The smallest absolute Gasteiger partial charge is 0.255 e. The zero-order valence-electron chi connectivity index (χ0n) is 12.6. The number of hydrogen-bond acceptors (Lipinski definition) is 3. The number of nitrogens with two attached hydrogens (primary N) is 1. The van der Waals surface area contributed by atoms with Gasteiger partial charge in [0, 0.05) is 17.8 Å². The van der Waals surface area contributed by atoms with Gasteiger partial charge in [0.1, 0.15) is 5.75 Å². The fourth-order valence-corrected chi connectivity index (χ4v) is 1.85. The fourth-order valence-electron chi connectivity index (χ4n) is 1.85. The van der Waals surface area contributed by atoms with Crippen LogP contribution in [0.3, 0.4) is 0 Å². The first-order valence-corrected chi connectivity index (χ1v) is 6.71. The fraction of sp³-hybridized carbons (Fsp3) is 0.125. The molecule has 2 rings (SSSR count). The molecular weight excluding hydrogens is 316 g/mol. The third kappa shape index (κ3) is 5.52. The zero-order valence-corrected chi connectivity index (χ0v) is 13.4. The highest BCUT2D eigenvalue weighted by molar-refractivity contribution is 6.04. The lowest BCUT2D eigenvalue weighted by Crippen LogP contribution is -2.29. The van der Waals surface area contributed by atoms with E-state index in [0.717, 1.165) is 11.3 Å². The Kier molecular flexibility index (Phi) is 6.89. The van der Waals surface area contributed by atoms with Crippen LogP contribution in [0.25, 0.3) is 0 Å². The largest absolute Gasteiger partial charge is 0.497 e. The van der Waals surface area contributed by atoms with Crippen molar-refractivity contribution in [3.8, 4) is 5.75 Å². The molecule has 0 aromatic heterocycles. The maximum atomic E-state index is 12.1. The highest BCUT2D eigenvalue weighted by Crippen LogP contribution is 2.16. The molecule has 0 atom stereocenters. The molecule has 0 unspecified atom stereocenters. The van der Waals surface area contributed by atoms with Crippen LogP contribution in [0, 0.1) is 5.41 Å². The molecule has 2 aromatic rings. The normalized spacial score (nSPS) is 9.43. The quantitative estimate of drug-likeness (QED) is 0.498. The van der Waals surface area contributed by atoms with Gasteiger partial charge in [-0.1, -0.05) is 12.1 Å². The number of amides is 1. The van der Waals surface area contributed by atoms with E-state index in [0.29, 0.717) is 17.8 Å². The molecule has 5 N–H and O–H groups in total. The van der Waals surface area contributed by atoms with Crippen LogP contribution in [0.15, 0.2) is 48.5 Å². The monoisotopic (exact) mass is 334 g/mol. The van der Waals surface area contributed by atoms with E-state index in [1.165, 1.54) is 0 Å². The van der Waals surface area contributed by atoms with Gasteiger partial charge < -0.3 is 21.1 Å². The Morgan fingerprint density at radius 1 is 1.13 bits per heavy atom. The van der Waals surface area contributed by atoms with Crippen molar-refractivity contribution < 1.29 is 9.53 Å². The molecule has 6 nitrogen and oxygen atoms in total. The number of nitrogens with one attached hydrogen (secondary N) is 3. The summed E-state index contributed by atoms with van der Waals surface area (Å²) in [6.07, 6.45) is 0. The minimum Gasteiger partial charge on any atom is -0.497 e. The van der Waals surface area contributed by atoms with E-state index in [1.54, 1.807) is 43.5 Å². The van der Waals surface area contributed by atoms with Crippen LogP contribution in [-0.4, -0.2) is 19.0 Å². The van der Waals surface area contributed by atoms with Gasteiger partial charge in [0.2, 0.25) is 0 Å². The predicted octanol–water partition coefficient (Wildman–Crippen LogP) is 2.35. The van der Waals surface area contributed by atoms with E-state index in [2.05, 4.69) is 10.6 Å². The number of ether oxygens (including phenoxy) is 1. The number of carbonyl (C=O) groups excluding carboxylic acids is 1. The number of hydrogen-bond donors (Lipinski definition) is 4. The van der Waals surface area contributed by atoms with E-state index in [4.69, 9.17) is 15.9 Å². The van der Waals surface area contributed by atoms with Crippen molar-refractivity contribution in [2.75, 3.05) is 12.4 Å². The lowest BCUT2D eigenvalue weighted by atomic mass is 10.1. The Balaban J connectivity index is 0.00000264. The molecule has 2 aromatic carbocycles. The van der Waals surface area contributed by atoms with Gasteiger partial charge in [-0.3, -0.25) is 10.2 Å². The molecule has 0 saturated carbocycles. The molecule has 7 heteroatoms. The minimum atomic E-state index is -0.184. The summed E-state index contributed by atoms with van der Waals surface area (Å²) < 4.78 is 5.07. The van der Waals surface area contributed by atoms with Crippen molar-refractivity contribution in [3.63, 3.8) is 0 Å². The lowest BCUT2D eigenvalue weighted by Gasteiger charge is -2.08. The minimum absolute atomic E-state index is 0. The van der Waals surface area contributed by atoms with E-state index >= 15 is 0 Å². The second-order valence-electron chi connectivity index (χ2n) is 4.65. The highest BCUT2D eigenvalue weighted by atomic mass is 35.5. The number of carbonyl (C=O) groups is 1. The predicted molar refractivity (Wildman–Crippen MR) is 93.4 cm³/mol. The molecule has 0 spiro atoms. The van der Waals surface area contributed by atoms with E-state index in [1.807, 2.05) is 12.1 Å². The average Bonchev–Trinajstić information content (AvgIpc) is 2.54. The molecule has 0 saturated heterocycles. The third-order valence-corrected chi connectivity index (χ3v) is 3.05. The number of halogens is 1. The summed E-state index contributed by atoms with van der Waals surface area (Å²) in [4.78, 5) is 12.1. The molecule has 0 heterocycles. The van der Waals surface area contributed by atoms with E-state index in [-0.39, 0.29) is 24.3 Å². The van der Waals surface area contributed by atoms with Gasteiger partial charge in [0.15, 0.2) is 5.96 Å². The second kappa shape index (κ2) is 8.65. The van der Waals surface area contributed by atoms with E-state index in [9.17, 15) is 4.79 Å². The highest BCUT2D eigenvalue weighted by Gasteiger charge is 2.06. The topological polar surface area (TPSA) is 100 Å². The van der Waals surface area contributed by atoms with E-state index < -0.39 is 0 Å². The first kappa shape index (κ1) is 18.3. The van der Waals surface area contributed by atoms with Crippen molar-refractivity contribution in [1.29, 1.82) is 5.41 Å². The van der Waals surface area contributed by atoms with Gasteiger partial charge in [-0.15, -0.1) is 12.4 Å². The molecule has 1 amide bonds. The van der Waals surface area contributed by atoms with Crippen LogP contribution < -0.4 is 21.1 Å². The first-order chi connectivity index (χ1) is 10.6. The Labute approximate surface area is 141 Å².